The molecule has 0 aromatic carbocycles. The van der Waals surface area contributed by atoms with Gasteiger partial charge >= 0.3 is 12.1 Å². The molecule has 0 bridgehead atoms. The molecule has 1 saturated heterocycles. The largest absolute Gasteiger partial charge is 0.477 e. The number of fused-ring (bicyclic) bond motifs is 1. The van der Waals surface area contributed by atoms with Crippen molar-refractivity contribution in [1.29, 1.82) is 0 Å². The smallest absolute Gasteiger partial charge is 0.404 e. The van der Waals surface area contributed by atoms with E-state index in [2.05, 4.69) is 0 Å². The monoisotopic (exact) mass is 383 g/mol. The number of amides is 2. The zero-order valence-electron chi connectivity index (χ0n) is 13.7. The van der Waals surface area contributed by atoms with E-state index in [4.69, 9.17) is 21.9 Å². The van der Waals surface area contributed by atoms with Gasteiger partial charge in [0, 0.05) is 11.3 Å². The molecule has 0 unspecified atom stereocenters. The third-order valence-corrected chi connectivity index (χ3v) is 5.58. The molecule has 12 heteroatoms. The number of ether oxygens (including phenoxy) is 1. The number of hydrogen-bond donors (Lipinski definition) is 4. The van der Waals surface area contributed by atoms with Crippen molar-refractivity contribution in [2.45, 2.75) is 24.5 Å². The number of β-lactam (4-membered cyclic amide) rings is 1. The Labute approximate surface area is 152 Å². The van der Waals surface area contributed by atoms with Gasteiger partial charge in [-0.2, -0.15) is 0 Å². The highest BCUT2D eigenvalue weighted by molar-refractivity contribution is 8.00. The van der Waals surface area contributed by atoms with Crippen LogP contribution in [-0.2, 0) is 27.4 Å². The van der Waals surface area contributed by atoms with Crippen LogP contribution in [0.25, 0.3) is 0 Å². The normalized spacial score (nSPS) is 22.0. The van der Waals surface area contributed by atoms with Crippen molar-refractivity contribution in [3.05, 3.63) is 23.5 Å². The van der Waals surface area contributed by atoms with Crippen molar-refractivity contribution in [3.8, 4) is 0 Å². The Hall–Kier alpha value is -2.73. The van der Waals surface area contributed by atoms with Crippen LogP contribution in [0.4, 0.5) is 10.6 Å². The molecule has 0 spiro atoms. The maximum Gasteiger partial charge on any atom is 0.404 e. The molecule has 2 amide bonds. The SMILES string of the molecule is NC(=O)OCCn1c(N)cc[n+]1CC1=C(C(=O)O)N2C(=O)[C@@H](N)[C@H]2SC1. The summed E-state index contributed by atoms with van der Waals surface area (Å²) in [6.45, 7) is 0.490. The van der Waals surface area contributed by atoms with Gasteiger partial charge in [-0.3, -0.25) is 9.69 Å². The summed E-state index contributed by atoms with van der Waals surface area (Å²) in [4.78, 5) is 35.6. The predicted molar refractivity (Wildman–Crippen MR) is 90.3 cm³/mol. The molecule has 11 nitrogen and oxygen atoms in total. The maximum atomic E-state index is 12.0. The first-order valence-electron chi connectivity index (χ1n) is 7.73. The molecule has 2 aliphatic heterocycles. The Kier molecular flexibility index (Phi) is 4.78. The van der Waals surface area contributed by atoms with Gasteiger partial charge in [0.15, 0.2) is 18.6 Å². The lowest BCUT2D eigenvalue weighted by atomic mass is 10.0. The average molecular weight is 383 g/mol. The molecule has 2 atom stereocenters. The number of aliphatic carboxylic acids is 1. The molecule has 0 saturated carbocycles. The van der Waals surface area contributed by atoms with E-state index < -0.39 is 24.0 Å². The van der Waals surface area contributed by atoms with Crippen LogP contribution in [-0.4, -0.2) is 56.4 Å². The Balaban J connectivity index is 1.84. The minimum absolute atomic E-state index is 0.0232. The predicted octanol–water partition coefficient (Wildman–Crippen LogP) is -1.97. The van der Waals surface area contributed by atoms with Crippen LogP contribution in [0.2, 0.25) is 0 Å². The van der Waals surface area contributed by atoms with E-state index in [1.165, 1.54) is 16.7 Å². The molecule has 1 aromatic rings. The van der Waals surface area contributed by atoms with E-state index in [1.807, 2.05) is 0 Å². The lowest BCUT2D eigenvalue weighted by molar-refractivity contribution is -0.767. The fraction of sp³-hybridized carbons (Fsp3) is 0.429. The summed E-state index contributed by atoms with van der Waals surface area (Å²) in [5, 5.41) is 9.23. The number of hydrogen-bond acceptors (Lipinski definition) is 7. The lowest BCUT2D eigenvalue weighted by Crippen LogP contribution is -2.68. The molecule has 2 aliphatic rings. The van der Waals surface area contributed by atoms with Gasteiger partial charge in [0.1, 0.15) is 30.3 Å². The van der Waals surface area contributed by atoms with Crippen molar-refractivity contribution in [1.82, 2.24) is 9.58 Å². The highest BCUT2D eigenvalue weighted by Crippen LogP contribution is 2.39. The summed E-state index contributed by atoms with van der Waals surface area (Å²) < 4.78 is 8.04. The van der Waals surface area contributed by atoms with Gasteiger partial charge in [-0.15, -0.1) is 21.1 Å². The van der Waals surface area contributed by atoms with Crippen LogP contribution >= 0.6 is 11.8 Å². The number of carbonyl (C=O) groups excluding carboxylic acids is 2. The van der Waals surface area contributed by atoms with Gasteiger partial charge in [-0.25, -0.2) is 9.59 Å². The number of primary amides is 1. The number of nitrogens with two attached hydrogens (primary N) is 3. The van der Waals surface area contributed by atoms with Crippen molar-refractivity contribution >= 4 is 35.5 Å². The standard InChI is InChI=1S/C14H18N6O5S/c15-8-1-2-18(19(8)3-4-25-14(17)24)5-7-6-26-12-9(16)11(21)20(12)10(7)13(22)23/h1-2,9,12,15H,3-6,16H2,(H3,17,22,23,24)/p+1/t9-,12-/m1/s1. The summed E-state index contributed by atoms with van der Waals surface area (Å²) in [7, 11) is 0. The van der Waals surface area contributed by atoms with Gasteiger partial charge in [-0.1, -0.05) is 0 Å². The maximum absolute atomic E-state index is 12.0. The number of nitrogen functional groups attached to an aromatic ring is 1. The summed E-state index contributed by atoms with van der Waals surface area (Å²) >= 11 is 1.43. The Morgan fingerprint density at radius 1 is 1.46 bits per heavy atom. The van der Waals surface area contributed by atoms with Gasteiger partial charge in [0.25, 0.3) is 0 Å². The second-order valence-corrected chi connectivity index (χ2v) is 6.93. The molecule has 3 heterocycles. The van der Waals surface area contributed by atoms with Crippen LogP contribution in [0.1, 0.15) is 0 Å². The van der Waals surface area contributed by atoms with E-state index in [1.54, 1.807) is 21.6 Å². The third-order valence-electron chi connectivity index (χ3n) is 4.22. The quantitative estimate of drug-likeness (QED) is 0.324. The number of anilines is 1. The van der Waals surface area contributed by atoms with E-state index >= 15 is 0 Å². The number of aromatic nitrogens is 2. The van der Waals surface area contributed by atoms with E-state index in [0.29, 0.717) is 17.1 Å². The second kappa shape index (κ2) is 6.88. The molecule has 3 rings (SSSR count). The molecule has 7 N–H and O–H groups in total. The molecule has 1 aromatic heterocycles. The van der Waals surface area contributed by atoms with Crippen molar-refractivity contribution < 1.29 is 28.9 Å². The minimum Gasteiger partial charge on any atom is -0.477 e. The zero-order valence-corrected chi connectivity index (χ0v) is 14.5. The van der Waals surface area contributed by atoms with Crippen molar-refractivity contribution in [3.63, 3.8) is 0 Å². The number of thioether (sulfide) groups is 1. The summed E-state index contributed by atoms with van der Waals surface area (Å²) in [6, 6.07) is 0.975. The molecule has 140 valence electrons. The van der Waals surface area contributed by atoms with Crippen LogP contribution in [0.3, 0.4) is 0 Å². The molecule has 1 fully saturated rings. The third kappa shape index (κ3) is 3.08. The lowest BCUT2D eigenvalue weighted by Gasteiger charge is -2.47. The fourth-order valence-corrected chi connectivity index (χ4v) is 4.28. The number of carboxylic acids is 1. The molecule has 0 radical (unpaired) electrons. The minimum atomic E-state index is -1.17. The first kappa shape index (κ1) is 18.1. The van der Waals surface area contributed by atoms with Gasteiger partial charge < -0.3 is 27.0 Å². The molecular weight excluding hydrogens is 364 g/mol. The van der Waals surface area contributed by atoms with E-state index in [-0.39, 0.29) is 30.8 Å². The second-order valence-electron chi connectivity index (χ2n) is 5.82. The number of nitrogens with zero attached hydrogens (tertiary/aromatic N) is 3. The highest BCUT2D eigenvalue weighted by atomic mass is 32.2. The Morgan fingerprint density at radius 3 is 2.85 bits per heavy atom. The van der Waals surface area contributed by atoms with Gasteiger partial charge in [0.2, 0.25) is 5.91 Å². The van der Waals surface area contributed by atoms with Crippen LogP contribution in [0.15, 0.2) is 23.5 Å². The summed E-state index contributed by atoms with van der Waals surface area (Å²) in [5.74, 6) is -0.722. The number of rotatable bonds is 6. The van der Waals surface area contributed by atoms with Crippen molar-refractivity contribution in [2.75, 3.05) is 18.1 Å². The highest BCUT2D eigenvalue weighted by Gasteiger charge is 2.52. The number of carboxylic acid groups (broad SMARTS) is 1. The topological polar surface area (TPSA) is 171 Å². The summed E-state index contributed by atoms with van der Waals surface area (Å²) in [6.07, 6.45) is 0.799. The fourth-order valence-electron chi connectivity index (χ4n) is 3.00. The molecule has 26 heavy (non-hydrogen) atoms. The van der Waals surface area contributed by atoms with Crippen LogP contribution in [0, 0.1) is 0 Å². The van der Waals surface area contributed by atoms with Gasteiger partial charge in [-0.05, 0) is 0 Å². The Bertz CT molecular complexity index is 806. The van der Waals surface area contributed by atoms with E-state index in [9.17, 15) is 19.5 Å². The average Bonchev–Trinajstić information content (AvgIpc) is 2.93. The van der Waals surface area contributed by atoms with Crippen LogP contribution in [0.5, 0.6) is 0 Å². The first-order chi connectivity index (χ1) is 12.3. The van der Waals surface area contributed by atoms with Gasteiger partial charge in [0.05, 0.1) is 6.07 Å². The number of carbonyl (C=O) groups is 3. The van der Waals surface area contributed by atoms with Crippen molar-refractivity contribution in [2.24, 2.45) is 11.5 Å². The Morgan fingerprint density at radius 2 is 2.19 bits per heavy atom. The summed E-state index contributed by atoms with van der Waals surface area (Å²) in [5.41, 5.74) is 17.1. The first-order valence-corrected chi connectivity index (χ1v) is 8.78. The molecule has 0 aliphatic carbocycles. The van der Waals surface area contributed by atoms with Crippen LogP contribution < -0.4 is 21.9 Å². The molecular formula is C14H19N6O5S+. The van der Waals surface area contributed by atoms with E-state index in [0.717, 1.165) is 0 Å². The zero-order chi connectivity index (χ0) is 19.0.